The lowest BCUT2D eigenvalue weighted by atomic mass is 10.00. The first-order chi connectivity index (χ1) is 18.7. The molecule has 3 aromatic rings. The van der Waals surface area contributed by atoms with Gasteiger partial charge in [0.1, 0.15) is 17.5 Å². The SMILES string of the molecule is C[C@H](CO)N1C[C@H](C)[C@H](CN(C)C(=O)Nc2ccccc2)Oc2ncc(C#Cc3cccc(F)c3)cc2C1=O. The lowest BCUT2D eigenvalue weighted by molar-refractivity contribution is 0.0356. The molecule has 39 heavy (non-hydrogen) atoms. The molecule has 202 valence electrons. The third kappa shape index (κ3) is 6.92. The van der Waals surface area contributed by atoms with E-state index in [1.807, 2.05) is 25.1 Å². The number of ether oxygens (including phenoxy) is 1. The van der Waals surface area contributed by atoms with Crippen molar-refractivity contribution in [2.75, 3.05) is 32.1 Å². The number of fused-ring (bicyclic) bond motifs is 1. The molecule has 0 saturated carbocycles. The fourth-order valence-electron chi connectivity index (χ4n) is 4.19. The molecule has 2 N–H and O–H groups in total. The van der Waals surface area contributed by atoms with Gasteiger partial charge in [0.25, 0.3) is 5.91 Å². The Morgan fingerprint density at radius 2 is 1.95 bits per heavy atom. The molecule has 0 aliphatic carbocycles. The van der Waals surface area contributed by atoms with Gasteiger partial charge in [-0.15, -0.1) is 0 Å². The lowest BCUT2D eigenvalue weighted by Crippen LogP contribution is -2.50. The molecule has 1 aromatic heterocycles. The summed E-state index contributed by atoms with van der Waals surface area (Å²) in [6, 6.07) is 15.9. The number of anilines is 1. The molecule has 9 heteroatoms. The van der Waals surface area contributed by atoms with Crippen molar-refractivity contribution < 1.29 is 23.8 Å². The molecule has 3 atom stereocenters. The van der Waals surface area contributed by atoms with Crippen LogP contribution in [0.5, 0.6) is 5.88 Å². The van der Waals surface area contributed by atoms with Crippen LogP contribution in [-0.2, 0) is 0 Å². The maximum absolute atomic E-state index is 13.6. The number of aliphatic hydroxyl groups excluding tert-OH is 1. The van der Waals surface area contributed by atoms with E-state index in [1.165, 1.54) is 23.2 Å². The van der Waals surface area contributed by atoms with E-state index < -0.39 is 18.0 Å². The number of para-hydroxylation sites is 1. The number of aliphatic hydroxyl groups is 1. The van der Waals surface area contributed by atoms with Crippen molar-refractivity contribution in [3.63, 3.8) is 0 Å². The van der Waals surface area contributed by atoms with Crippen molar-refractivity contribution in [1.29, 1.82) is 0 Å². The molecule has 4 rings (SSSR count). The number of nitrogens with zero attached hydrogens (tertiary/aromatic N) is 3. The van der Waals surface area contributed by atoms with Gasteiger partial charge in [0.05, 0.1) is 19.2 Å². The predicted molar refractivity (Wildman–Crippen MR) is 146 cm³/mol. The highest BCUT2D eigenvalue weighted by molar-refractivity contribution is 5.97. The van der Waals surface area contributed by atoms with Gasteiger partial charge < -0.3 is 25.0 Å². The number of hydrogen-bond acceptors (Lipinski definition) is 5. The van der Waals surface area contributed by atoms with Crippen LogP contribution in [-0.4, -0.2) is 70.7 Å². The monoisotopic (exact) mass is 530 g/mol. The van der Waals surface area contributed by atoms with Gasteiger partial charge in [-0.3, -0.25) is 4.79 Å². The summed E-state index contributed by atoms with van der Waals surface area (Å²) in [6.45, 7) is 4.02. The lowest BCUT2D eigenvalue weighted by Gasteiger charge is -2.37. The van der Waals surface area contributed by atoms with Gasteiger partial charge in [-0.2, -0.15) is 0 Å². The number of aromatic nitrogens is 1. The van der Waals surface area contributed by atoms with Crippen molar-refractivity contribution in [3.05, 3.63) is 89.4 Å². The van der Waals surface area contributed by atoms with Crippen LogP contribution >= 0.6 is 0 Å². The third-order valence-corrected chi connectivity index (χ3v) is 6.52. The summed E-state index contributed by atoms with van der Waals surface area (Å²) in [5.74, 6) is 5.02. The van der Waals surface area contributed by atoms with E-state index in [4.69, 9.17) is 4.74 Å². The second-order valence-electron chi connectivity index (χ2n) is 9.64. The molecule has 2 aromatic carbocycles. The largest absolute Gasteiger partial charge is 0.472 e. The molecule has 3 amide bonds. The number of carbonyl (C=O) groups excluding carboxylic acids is 2. The molecule has 2 heterocycles. The summed E-state index contributed by atoms with van der Waals surface area (Å²) in [4.78, 5) is 33.9. The van der Waals surface area contributed by atoms with Gasteiger partial charge >= 0.3 is 6.03 Å². The molecule has 8 nitrogen and oxygen atoms in total. The van der Waals surface area contributed by atoms with E-state index in [9.17, 15) is 19.1 Å². The Morgan fingerprint density at radius 1 is 1.21 bits per heavy atom. The first kappa shape index (κ1) is 27.6. The second kappa shape index (κ2) is 12.4. The maximum atomic E-state index is 13.6. The van der Waals surface area contributed by atoms with Crippen LogP contribution in [0.2, 0.25) is 0 Å². The topological polar surface area (TPSA) is 95.0 Å². The van der Waals surface area contributed by atoms with E-state index in [0.717, 1.165) is 0 Å². The predicted octanol–water partition coefficient (Wildman–Crippen LogP) is 4.00. The van der Waals surface area contributed by atoms with Crippen LogP contribution in [0, 0.1) is 23.6 Å². The Hall–Kier alpha value is -4.42. The van der Waals surface area contributed by atoms with Gasteiger partial charge in [0.2, 0.25) is 5.88 Å². The summed E-state index contributed by atoms with van der Waals surface area (Å²) in [6.07, 6.45) is 1.00. The minimum atomic E-state index is -0.492. The minimum absolute atomic E-state index is 0.125. The average molecular weight is 531 g/mol. The standard InChI is InChI=1S/C30H31FN4O4/c1-20-17-35(21(2)19-36)29(37)26-15-23(13-12-22-8-7-9-24(31)14-22)16-32-28(26)39-27(20)18-34(3)30(38)33-25-10-5-4-6-11-25/h4-11,14-16,20-21,27,36H,17-19H2,1-3H3,(H,33,38)/t20-,21+,27-/m0/s1. The van der Waals surface area contributed by atoms with Gasteiger partial charge in [0.15, 0.2) is 0 Å². The Balaban J connectivity index is 1.61. The number of hydrogen-bond donors (Lipinski definition) is 2. The molecule has 1 aliphatic rings. The number of amides is 3. The molecule has 0 unspecified atom stereocenters. The van der Waals surface area contributed by atoms with Gasteiger partial charge in [-0.1, -0.05) is 43.0 Å². The van der Waals surface area contributed by atoms with Crippen molar-refractivity contribution >= 4 is 17.6 Å². The fourth-order valence-corrected chi connectivity index (χ4v) is 4.19. The molecule has 0 radical (unpaired) electrons. The highest BCUT2D eigenvalue weighted by atomic mass is 19.1. The van der Waals surface area contributed by atoms with Crippen LogP contribution in [0.25, 0.3) is 0 Å². The third-order valence-electron chi connectivity index (χ3n) is 6.52. The number of rotatable bonds is 5. The van der Waals surface area contributed by atoms with Crippen LogP contribution in [0.4, 0.5) is 14.9 Å². The second-order valence-corrected chi connectivity index (χ2v) is 9.64. The van der Waals surface area contributed by atoms with Gasteiger partial charge in [-0.25, -0.2) is 14.2 Å². The molecule has 0 fully saturated rings. The number of nitrogens with one attached hydrogen (secondary N) is 1. The van der Waals surface area contributed by atoms with E-state index in [-0.39, 0.29) is 42.5 Å². The van der Waals surface area contributed by atoms with Crippen molar-refractivity contribution in [2.24, 2.45) is 5.92 Å². The zero-order valence-corrected chi connectivity index (χ0v) is 22.1. The van der Waals surface area contributed by atoms with Crippen molar-refractivity contribution in [2.45, 2.75) is 26.0 Å². The number of carbonyl (C=O) groups is 2. The summed E-state index contributed by atoms with van der Waals surface area (Å²) in [5.41, 5.74) is 1.82. The van der Waals surface area contributed by atoms with Crippen LogP contribution in [0.15, 0.2) is 66.9 Å². The zero-order chi connectivity index (χ0) is 27.9. The summed E-state index contributed by atoms with van der Waals surface area (Å²) >= 11 is 0. The molecule has 0 spiro atoms. The van der Waals surface area contributed by atoms with Crippen molar-refractivity contribution in [3.8, 4) is 17.7 Å². The summed E-state index contributed by atoms with van der Waals surface area (Å²) in [7, 11) is 1.67. The molecule has 0 saturated heterocycles. The molecular formula is C30H31FN4O4. The van der Waals surface area contributed by atoms with E-state index in [2.05, 4.69) is 22.1 Å². The van der Waals surface area contributed by atoms with Crippen LogP contribution in [0.3, 0.4) is 0 Å². The number of urea groups is 1. The first-order valence-electron chi connectivity index (χ1n) is 12.7. The minimum Gasteiger partial charge on any atom is -0.472 e. The van der Waals surface area contributed by atoms with Gasteiger partial charge in [-0.05, 0) is 43.3 Å². The van der Waals surface area contributed by atoms with E-state index >= 15 is 0 Å². The normalized spacial score (nSPS) is 17.5. The first-order valence-corrected chi connectivity index (χ1v) is 12.7. The van der Waals surface area contributed by atoms with Crippen LogP contribution < -0.4 is 10.1 Å². The Morgan fingerprint density at radius 3 is 2.67 bits per heavy atom. The van der Waals surface area contributed by atoms with E-state index in [0.29, 0.717) is 23.4 Å². The summed E-state index contributed by atoms with van der Waals surface area (Å²) in [5, 5.41) is 12.7. The average Bonchev–Trinajstić information content (AvgIpc) is 2.94. The number of benzene rings is 2. The highest BCUT2D eigenvalue weighted by Gasteiger charge is 2.34. The smallest absolute Gasteiger partial charge is 0.321 e. The molecule has 1 aliphatic heterocycles. The highest BCUT2D eigenvalue weighted by Crippen LogP contribution is 2.27. The van der Waals surface area contributed by atoms with Gasteiger partial charge in [0, 0.05) is 42.5 Å². The number of halogens is 1. The number of likely N-dealkylation sites (N-methyl/N-ethyl adjacent to an activating group) is 1. The Bertz CT molecular complexity index is 1390. The maximum Gasteiger partial charge on any atom is 0.321 e. The quantitative estimate of drug-likeness (QED) is 0.487. The molecule has 0 bridgehead atoms. The van der Waals surface area contributed by atoms with Crippen molar-refractivity contribution in [1.82, 2.24) is 14.8 Å². The fraction of sp³-hybridized carbons (Fsp3) is 0.300. The number of pyridine rings is 1. The zero-order valence-electron chi connectivity index (χ0n) is 22.1. The summed E-state index contributed by atoms with van der Waals surface area (Å²) < 4.78 is 19.8. The van der Waals surface area contributed by atoms with Crippen LogP contribution in [0.1, 0.15) is 35.3 Å². The Kier molecular flexibility index (Phi) is 8.79. The Labute approximate surface area is 227 Å². The molecular weight excluding hydrogens is 499 g/mol. The van der Waals surface area contributed by atoms with E-state index in [1.54, 1.807) is 49.2 Å².